The third kappa shape index (κ3) is 4.76. The topological polar surface area (TPSA) is 12.0 Å². The molecule has 13 heavy (non-hydrogen) atoms. The van der Waals surface area contributed by atoms with Gasteiger partial charge in [0.05, 0.1) is 0 Å². The summed E-state index contributed by atoms with van der Waals surface area (Å²) in [5.74, 6) is 0.627. The lowest BCUT2D eigenvalue weighted by molar-refractivity contribution is 0.469. The molecular weight excluding hydrogens is 158 g/mol. The fourth-order valence-corrected chi connectivity index (χ4v) is 1.03. The average Bonchev–Trinajstić information content (AvgIpc) is 2.01. The summed E-state index contributed by atoms with van der Waals surface area (Å²) in [4.78, 5) is 0. The molecule has 1 unspecified atom stereocenters. The van der Waals surface area contributed by atoms with E-state index in [-0.39, 0.29) is 5.41 Å². The molecule has 0 amide bonds. The highest BCUT2D eigenvalue weighted by Crippen LogP contribution is 2.24. The standard InChI is InChI=1S/C12H23N/c1-7-10(3)9-11(13-8-2)12(4,5)6/h8-10,13H,2,7H2,1,3-6H3/b11-9-. The second-order valence-electron chi connectivity index (χ2n) is 4.56. The fourth-order valence-electron chi connectivity index (χ4n) is 1.03. The molecule has 0 fully saturated rings. The van der Waals surface area contributed by atoms with E-state index < -0.39 is 0 Å². The summed E-state index contributed by atoms with van der Waals surface area (Å²) in [5, 5.41) is 3.21. The maximum absolute atomic E-state index is 3.70. The Morgan fingerprint density at radius 2 is 2.00 bits per heavy atom. The molecule has 1 heteroatoms. The highest BCUT2D eigenvalue weighted by molar-refractivity contribution is 5.11. The van der Waals surface area contributed by atoms with E-state index in [1.807, 2.05) is 0 Å². The molecule has 0 saturated heterocycles. The van der Waals surface area contributed by atoms with Crippen LogP contribution in [0.5, 0.6) is 0 Å². The van der Waals surface area contributed by atoms with Gasteiger partial charge in [0.1, 0.15) is 0 Å². The summed E-state index contributed by atoms with van der Waals surface area (Å²) >= 11 is 0. The lowest BCUT2D eigenvalue weighted by Crippen LogP contribution is -2.21. The van der Waals surface area contributed by atoms with Crippen molar-refractivity contribution in [2.75, 3.05) is 0 Å². The maximum atomic E-state index is 3.70. The third-order valence-corrected chi connectivity index (χ3v) is 2.16. The summed E-state index contributed by atoms with van der Waals surface area (Å²) in [5.41, 5.74) is 1.44. The summed E-state index contributed by atoms with van der Waals surface area (Å²) in [6, 6.07) is 0. The molecule has 76 valence electrons. The van der Waals surface area contributed by atoms with Gasteiger partial charge in [-0.3, -0.25) is 0 Å². The SMILES string of the molecule is C=CN/C(=C\C(C)CC)C(C)(C)C. The Morgan fingerprint density at radius 1 is 1.46 bits per heavy atom. The van der Waals surface area contributed by atoms with Crippen LogP contribution in [0.15, 0.2) is 24.6 Å². The molecule has 0 radical (unpaired) electrons. The van der Waals surface area contributed by atoms with Crippen molar-refractivity contribution < 1.29 is 0 Å². The van der Waals surface area contributed by atoms with Gasteiger partial charge in [-0.05, 0) is 12.1 Å². The molecule has 0 heterocycles. The zero-order chi connectivity index (χ0) is 10.5. The monoisotopic (exact) mass is 181 g/mol. The molecule has 0 rings (SSSR count). The molecule has 0 aromatic carbocycles. The largest absolute Gasteiger partial charge is 0.365 e. The lowest BCUT2D eigenvalue weighted by atomic mass is 9.89. The van der Waals surface area contributed by atoms with Crippen molar-refractivity contribution in [1.82, 2.24) is 5.32 Å². The maximum Gasteiger partial charge on any atom is 0.0163 e. The number of allylic oxidation sites excluding steroid dienone is 2. The van der Waals surface area contributed by atoms with E-state index in [4.69, 9.17) is 0 Å². The Bertz CT molecular complexity index is 184. The van der Waals surface area contributed by atoms with E-state index in [0.717, 1.165) is 0 Å². The first-order valence-electron chi connectivity index (χ1n) is 5.01. The summed E-state index contributed by atoms with van der Waals surface area (Å²) < 4.78 is 0. The zero-order valence-electron chi connectivity index (χ0n) is 9.65. The third-order valence-electron chi connectivity index (χ3n) is 2.16. The summed E-state index contributed by atoms with van der Waals surface area (Å²) in [6.45, 7) is 14.7. The van der Waals surface area contributed by atoms with Gasteiger partial charge in [0, 0.05) is 11.1 Å². The Hall–Kier alpha value is -0.720. The Labute approximate surface area is 82.9 Å². The summed E-state index contributed by atoms with van der Waals surface area (Å²) in [6.07, 6.45) is 5.22. The van der Waals surface area contributed by atoms with Crippen LogP contribution >= 0.6 is 0 Å². The molecule has 0 aromatic rings. The molecule has 0 aliphatic carbocycles. The van der Waals surface area contributed by atoms with E-state index in [2.05, 4.69) is 52.6 Å². The van der Waals surface area contributed by atoms with Crippen LogP contribution in [-0.2, 0) is 0 Å². The zero-order valence-corrected chi connectivity index (χ0v) is 9.65. The van der Waals surface area contributed by atoms with Crippen LogP contribution in [-0.4, -0.2) is 0 Å². The van der Waals surface area contributed by atoms with E-state index in [1.54, 1.807) is 6.20 Å². The number of hydrogen-bond acceptors (Lipinski definition) is 1. The molecule has 0 aliphatic rings. The van der Waals surface area contributed by atoms with Crippen molar-refractivity contribution in [3.8, 4) is 0 Å². The van der Waals surface area contributed by atoms with Crippen molar-refractivity contribution in [2.45, 2.75) is 41.0 Å². The van der Waals surface area contributed by atoms with E-state index in [1.165, 1.54) is 12.1 Å². The molecule has 1 N–H and O–H groups in total. The van der Waals surface area contributed by atoms with Crippen molar-refractivity contribution >= 4 is 0 Å². The van der Waals surface area contributed by atoms with Crippen LogP contribution < -0.4 is 5.32 Å². The lowest BCUT2D eigenvalue weighted by Gasteiger charge is -2.24. The molecule has 0 aliphatic heterocycles. The molecule has 1 atom stereocenters. The van der Waals surface area contributed by atoms with Crippen molar-refractivity contribution in [1.29, 1.82) is 0 Å². The van der Waals surface area contributed by atoms with E-state index in [0.29, 0.717) is 5.92 Å². The van der Waals surface area contributed by atoms with Gasteiger partial charge >= 0.3 is 0 Å². The highest BCUT2D eigenvalue weighted by atomic mass is 14.9. The highest BCUT2D eigenvalue weighted by Gasteiger charge is 2.16. The molecule has 0 bridgehead atoms. The van der Waals surface area contributed by atoms with Crippen LogP contribution in [0.4, 0.5) is 0 Å². The molecule has 0 aromatic heterocycles. The molecule has 1 nitrogen and oxygen atoms in total. The first-order chi connectivity index (χ1) is 5.91. The predicted molar refractivity (Wildman–Crippen MR) is 60.3 cm³/mol. The van der Waals surface area contributed by atoms with Crippen LogP contribution in [0.2, 0.25) is 0 Å². The predicted octanol–water partition coefficient (Wildman–Crippen LogP) is 3.70. The summed E-state index contributed by atoms with van der Waals surface area (Å²) in [7, 11) is 0. The van der Waals surface area contributed by atoms with Crippen LogP contribution in [0.3, 0.4) is 0 Å². The van der Waals surface area contributed by atoms with Crippen molar-refractivity contribution in [3.05, 3.63) is 24.6 Å². The molecular formula is C12H23N. The average molecular weight is 181 g/mol. The number of hydrogen-bond donors (Lipinski definition) is 1. The van der Waals surface area contributed by atoms with Crippen LogP contribution in [0.1, 0.15) is 41.0 Å². The molecule has 0 spiro atoms. The number of nitrogens with one attached hydrogen (secondary N) is 1. The van der Waals surface area contributed by atoms with Gasteiger partial charge in [0.15, 0.2) is 0 Å². The van der Waals surface area contributed by atoms with Crippen LogP contribution in [0.25, 0.3) is 0 Å². The smallest absolute Gasteiger partial charge is 0.0163 e. The number of rotatable bonds is 4. The van der Waals surface area contributed by atoms with Gasteiger partial charge < -0.3 is 5.32 Å². The minimum atomic E-state index is 0.178. The Kier molecular flexibility index (Phi) is 4.82. The second kappa shape index (κ2) is 5.11. The van der Waals surface area contributed by atoms with Crippen molar-refractivity contribution in [3.63, 3.8) is 0 Å². The van der Waals surface area contributed by atoms with Gasteiger partial charge in [-0.25, -0.2) is 0 Å². The van der Waals surface area contributed by atoms with Gasteiger partial charge in [-0.2, -0.15) is 0 Å². The minimum Gasteiger partial charge on any atom is -0.365 e. The Morgan fingerprint density at radius 3 is 2.31 bits per heavy atom. The Balaban J connectivity index is 4.59. The fraction of sp³-hybridized carbons (Fsp3) is 0.667. The van der Waals surface area contributed by atoms with Gasteiger partial charge in [-0.1, -0.05) is 53.7 Å². The normalized spacial score (nSPS) is 15.3. The van der Waals surface area contributed by atoms with E-state index >= 15 is 0 Å². The van der Waals surface area contributed by atoms with Gasteiger partial charge in [0.25, 0.3) is 0 Å². The molecule has 0 saturated carbocycles. The second-order valence-corrected chi connectivity index (χ2v) is 4.56. The van der Waals surface area contributed by atoms with Gasteiger partial charge in [0.2, 0.25) is 0 Å². The first kappa shape index (κ1) is 12.3. The van der Waals surface area contributed by atoms with Crippen molar-refractivity contribution in [2.24, 2.45) is 11.3 Å². The minimum absolute atomic E-state index is 0.178. The van der Waals surface area contributed by atoms with Gasteiger partial charge in [-0.15, -0.1) is 0 Å². The quantitative estimate of drug-likeness (QED) is 0.697. The van der Waals surface area contributed by atoms with Crippen LogP contribution in [0, 0.1) is 11.3 Å². The van der Waals surface area contributed by atoms with E-state index in [9.17, 15) is 0 Å². The first-order valence-corrected chi connectivity index (χ1v) is 5.01.